The lowest BCUT2D eigenvalue weighted by Crippen LogP contribution is -2.27. The molecule has 7 nitrogen and oxygen atoms in total. The summed E-state index contributed by atoms with van der Waals surface area (Å²) in [6, 6.07) is 0. The SMILES string of the molecule is CCC(O)(c1c[nH]nn1)c1c[nH]nn1. The number of nitrogens with one attached hydrogen (secondary N) is 2. The van der Waals surface area contributed by atoms with Crippen molar-refractivity contribution < 1.29 is 5.11 Å². The van der Waals surface area contributed by atoms with E-state index in [1.807, 2.05) is 6.92 Å². The van der Waals surface area contributed by atoms with Crippen molar-refractivity contribution in [3.8, 4) is 0 Å². The lowest BCUT2D eigenvalue weighted by molar-refractivity contribution is 0.0671. The van der Waals surface area contributed by atoms with Crippen molar-refractivity contribution >= 4 is 0 Å². The molecule has 0 spiro atoms. The molecule has 2 heterocycles. The third-order valence-electron chi connectivity index (χ3n) is 2.19. The molecule has 14 heavy (non-hydrogen) atoms. The van der Waals surface area contributed by atoms with E-state index in [0.29, 0.717) is 17.8 Å². The molecule has 0 saturated heterocycles. The minimum Gasteiger partial charge on any atom is -0.377 e. The second-order valence-corrected chi connectivity index (χ2v) is 2.93. The molecular weight excluding hydrogens is 184 g/mol. The van der Waals surface area contributed by atoms with Crippen LogP contribution in [0.15, 0.2) is 12.4 Å². The van der Waals surface area contributed by atoms with E-state index in [9.17, 15) is 5.11 Å². The Kier molecular flexibility index (Phi) is 2.01. The molecule has 0 radical (unpaired) electrons. The molecule has 3 N–H and O–H groups in total. The summed E-state index contributed by atoms with van der Waals surface area (Å²) in [7, 11) is 0. The molecule has 7 heteroatoms. The van der Waals surface area contributed by atoms with Gasteiger partial charge < -0.3 is 5.11 Å². The van der Waals surface area contributed by atoms with Crippen molar-refractivity contribution in [1.29, 1.82) is 0 Å². The quantitative estimate of drug-likeness (QED) is 0.615. The van der Waals surface area contributed by atoms with Gasteiger partial charge in [-0.3, -0.25) is 10.2 Å². The highest BCUT2D eigenvalue weighted by Gasteiger charge is 2.34. The molecule has 0 saturated carbocycles. The van der Waals surface area contributed by atoms with Crippen molar-refractivity contribution in [3.05, 3.63) is 23.8 Å². The maximum Gasteiger partial charge on any atom is 0.155 e. The Hall–Kier alpha value is -1.76. The van der Waals surface area contributed by atoms with E-state index < -0.39 is 5.60 Å². The molecule has 0 aromatic carbocycles. The van der Waals surface area contributed by atoms with Gasteiger partial charge in [-0.2, -0.15) is 0 Å². The number of hydrogen-bond donors (Lipinski definition) is 3. The van der Waals surface area contributed by atoms with E-state index in [0.717, 1.165) is 0 Å². The topological polar surface area (TPSA) is 103 Å². The summed E-state index contributed by atoms with van der Waals surface area (Å²) in [5.74, 6) is 0. The highest BCUT2D eigenvalue weighted by Crippen LogP contribution is 2.28. The number of rotatable bonds is 3. The number of nitrogens with zero attached hydrogens (tertiary/aromatic N) is 4. The molecule has 2 aromatic heterocycles. The van der Waals surface area contributed by atoms with Crippen LogP contribution in [0.4, 0.5) is 0 Å². The molecule has 0 aliphatic rings. The summed E-state index contributed by atoms with van der Waals surface area (Å²) >= 11 is 0. The van der Waals surface area contributed by atoms with E-state index in [4.69, 9.17) is 0 Å². The van der Waals surface area contributed by atoms with Crippen LogP contribution in [0.25, 0.3) is 0 Å². The minimum atomic E-state index is -1.22. The molecule has 0 fully saturated rings. The minimum absolute atomic E-state index is 0.439. The maximum atomic E-state index is 10.3. The van der Waals surface area contributed by atoms with E-state index in [-0.39, 0.29) is 0 Å². The smallest absolute Gasteiger partial charge is 0.155 e. The third-order valence-corrected chi connectivity index (χ3v) is 2.19. The van der Waals surface area contributed by atoms with Crippen molar-refractivity contribution in [2.75, 3.05) is 0 Å². The Bertz CT molecular complexity index is 346. The monoisotopic (exact) mass is 194 g/mol. The molecule has 0 aliphatic heterocycles. The van der Waals surface area contributed by atoms with Crippen LogP contribution in [0.2, 0.25) is 0 Å². The van der Waals surface area contributed by atoms with Gasteiger partial charge in [0.05, 0.1) is 0 Å². The van der Waals surface area contributed by atoms with E-state index in [2.05, 4.69) is 30.8 Å². The fourth-order valence-electron chi connectivity index (χ4n) is 1.30. The zero-order valence-corrected chi connectivity index (χ0v) is 7.60. The van der Waals surface area contributed by atoms with Gasteiger partial charge in [-0.1, -0.05) is 17.4 Å². The van der Waals surface area contributed by atoms with Gasteiger partial charge >= 0.3 is 0 Å². The molecule has 0 atom stereocenters. The highest BCUT2D eigenvalue weighted by molar-refractivity contribution is 5.21. The van der Waals surface area contributed by atoms with Gasteiger partial charge in [0.2, 0.25) is 0 Å². The normalized spacial score (nSPS) is 11.9. The number of H-pyrrole nitrogens is 2. The second-order valence-electron chi connectivity index (χ2n) is 2.93. The molecule has 0 bridgehead atoms. The second kappa shape index (κ2) is 3.18. The van der Waals surface area contributed by atoms with E-state index >= 15 is 0 Å². The summed E-state index contributed by atoms with van der Waals surface area (Å²) in [5.41, 5.74) is -0.345. The Morgan fingerprint density at radius 2 is 1.71 bits per heavy atom. The van der Waals surface area contributed by atoms with Crippen LogP contribution in [0, 0.1) is 0 Å². The molecule has 2 aromatic rings. The number of aromatic amines is 2. The van der Waals surface area contributed by atoms with Crippen molar-refractivity contribution in [1.82, 2.24) is 30.8 Å². The maximum absolute atomic E-state index is 10.3. The molecule has 0 aliphatic carbocycles. The van der Waals surface area contributed by atoms with Gasteiger partial charge in [-0.25, -0.2) is 0 Å². The van der Waals surface area contributed by atoms with Crippen LogP contribution in [-0.2, 0) is 5.60 Å². The average molecular weight is 194 g/mol. The first-order valence-corrected chi connectivity index (χ1v) is 4.23. The van der Waals surface area contributed by atoms with E-state index in [1.54, 1.807) is 0 Å². The predicted octanol–water partition coefficient (Wildman–Crippen LogP) is -0.431. The highest BCUT2D eigenvalue weighted by atomic mass is 16.3. The average Bonchev–Trinajstić information content (AvgIpc) is 2.88. The van der Waals surface area contributed by atoms with E-state index in [1.165, 1.54) is 12.4 Å². The van der Waals surface area contributed by atoms with Crippen molar-refractivity contribution in [2.45, 2.75) is 18.9 Å². The first-order chi connectivity index (χ1) is 6.77. The third kappa shape index (κ3) is 1.18. The fraction of sp³-hybridized carbons (Fsp3) is 0.429. The van der Waals surface area contributed by atoms with Gasteiger partial charge in [0.15, 0.2) is 5.60 Å². The molecule has 0 unspecified atom stereocenters. The Morgan fingerprint density at radius 3 is 2.00 bits per heavy atom. The van der Waals surface area contributed by atoms with Gasteiger partial charge in [0.1, 0.15) is 11.4 Å². The summed E-state index contributed by atoms with van der Waals surface area (Å²) in [6.07, 6.45) is 3.53. The Morgan fingerprint density at radius 1 is 1.21 bits per heavy atom. The zero-order chi connectivity index (χ0) is 10.0. The predicted molar refractivity (Wildman–Crippen MR) is 46.1 cm³/mol. The van der Waals surface area contributed by atoms with Crippen molar-refractivity contribution in [3.63, 3.8) is 0 Å². The Labute approximate surface area is 79.5 Å². The Balaban J connectivity index is 2.45. The van der Waals surface area contributed by atoms with Crippen LogP contribution in [0.1, 0.15) is 24.7 Å². The molecular formula is C7H10N6O. The fourth-order valence-corrected chi connectivity index (χ4v) is 1.30. The van der Waals surface area contributed by atoms with Crippen LogP contribution >= 0.6 is 0 Å². The van der Waals surface area contributed by atoms with Crippen LogP contribution in [-0.4, -0.2) is 35.9 Å². The lowest BCUT2D eigenvalue weighted by Gasteiger charge is -2.20. The largest absolute Gasteiger partial charge is 0.377 e. The summed E-state index contributed by atoms with van der Waals surface area (Å²) in [4.78, 5) is 0. The number of aromatic nitrogens is 6. The van der Waals surface area contributed by atoms with Gasteiger partial charge in [-0.05, 0) is 6.42 Å². The zero-order valence-electron chi connectivity index (χ0n) is 7.60. The first-order valence-electron chi connectivity index (χ1n) is 4.23. The van der Waals surface area contributed by atoms with Crippen LogP contribution in [0.5, 0.6) is 0 Å². The standard InChI is InChI=1S/C7H10N6O/c1-2-7(14,5-3-8-12-10-5)6-4-9-13-11-6/h3-4,14H,2H2,1H3,(H,8,10,12)(H,9,11,13). The number of hydrogen-bond acceptors (Lipinski definition) is 5. The number of aliphatic hydroxyl groups is 1. The van der Waals surface area contributed by atoms with Gasteiger partial charge in [-0.15, -0.1) is 10.2 Å². The van der Waals surface area contributed by atoms with Crippen LogP contribution < -0.4 is 0 Å². The molecule has 2 rings (SSSR count). The summed E-state index contributed by atoms with van der Waals surface area (Å²) < 4.78 is 0. The molecule has 74 valence electrons. The van der Waals surface area contributed by atoms with Crippen LogP contribution in [0.3, 0.4) is 0 Å². The van der Waals surface area contributed by atoms with Gasteiger partial charge in [0, 0.05) is 12.4 Å². The summed E-state index contributed by atoms with van der Waals surface area (Å²) in [6.45, 7) is 1.84. The van der Waals surface area contributed by atoms with Crippen molar-refractivity contribution in [2.24, 2.45) is 0 Å². The summed E-state index contributed by atoms with van der Waals surface area (Å²) in [5, 5.41) is 30.1. The first kappa shape index (κ1) is 8.82. The lowest BCUT2D eigenvalue weighted by atomic mass is 9.94. The van der Waals surface area contributed by atoms with Gasteiger partial charge in [0.25, 0.3) is 0 Å². The molecule has 0 amide bonds.